The molecule has 0 radical (unpaired) electrons. The Bertz CT molecular complexity index is 631. The van der Waals surface area contributed by atoms with E-state index in [-0.39, 0.29) is 11.9 Å². The molecule has 5 heteroatoms. The minimum absolute atomic E-state index is 0.00309. The molecule has 122 valence electrons. The number of benzene rings is 1. The standard InChI is InChI=1S/C18H22N2O3/c1-20(2)16(17-5-4-12-23-17)13-19-18(21)11-8-14-6-9-15(22-3)10-7-14/h4-12,16H,13H2,1-3H3,(H,19,21)/b11-8+. The van der Waals surface area contributed by atoms with Crippen molar-refractivity contribution in [2.45, 2.75) is 6.04 Å². The summed E-state index contributed by atoms with van der Waals surface area (Å²) in [7, 11) is 5.53. The number of amides is 1. The molecule has 2 rings (SSSR count). The van der Waals surface area contributed by atoms with Gasteiger partial charge in [-0.3, -0.25) is 9.69 Å². The van der Waals surface area contributed by atoms with Crippen molar-refractivity contribution in [2.24, 2.45) is 0 Å². The highest BCUT2D eigenvalue weighted by molar-refractivity contribution is 5.91. The third kappa shape index (κ3) is 5.00. The van der Waals surface area contributed by atoms with Crippen molar-refractivity contribution >= 4 is 12.0 Å². The predicted octanol–water partition coefficient (Wildman–Crippen LogP) is 2.72. The van der Waals surface area contributed by atoms with Crippen molar-refractivity contribution in [2.75, 3.05) is 27.7 Å². The van der Waals surface area contributed by atoms with Crippen LogP contribution < -0.4 is 10.1 Å². The summed E-state index contributed by atoms with van der Waals surface area (Å²) in [5.74, 6) is 1.48. The average molecular weight is 314 g/mol. The van der Waals surface area contributed by atoms with E-state index in [4.69, 9.17) is 9.15 Å². The van der Waals surface area contributed by atoms with Gasteiger partial charge in [0, 0.05) is 12.6 Å². The fraction of sp³-hybridized carbons (Fsp3) is 0.278. The monoisotopic (exact) mass is 314 g/mol. The lowest BCUT2D eigenvalue weighted by Gasteiger charge is -2.22. The summed E-state index contributed by atoms with van der Waals surface area (Å²) in [6.45, 7) is 0.478. The lowest BCUT2D eigenvalue weighted by Crippen LogP contribution is -2.33. The Morgan fingerprint density at radius 2 is 2.04 bits per heavy atom. The van der Waals surface area contributed by atoms with E-state index in [0.29, 0.717) is 6.54 Å². The van der Waals surface area contributed by atoms with Gasteiger partial charge < -0.3 is 14.5 Å². The smallest absolute Gasteiger partial charge is 0.244 e. The quantitative estimate of drug-likeness (QED) is 0.798. The van der Waals surface area contributed by atoms with E-state index in [2.05, 4.69) is 5.32 Å². The van der Waals surface area contributed by atoms with E-state index in [1.54, 1.807) is 19.4 Å². The van der Waals surface area contributed by atoms with Gasteiger partial charge in [-0.1, -0.05) is 12.1 Å². The van der Waals surface area contributed by atoms with Crippen molar-refractivity contribution in [3.63, 3.8) is 0 Å². The molecule has 0 fully saturated rings. The number of ether oxygens (including phenoxy) is 1. The van der Waals surface area contributed by atoms with Crippen LogP contribution in [0.3, 0.4) is 0 Å². The van der Waals surface area contributed by atoms with Gasteiger partial charge in [0.05, 0.1) is 19.4 Å². The van der Waals surface area contributed by atoms with Gasteiger partial charge in [0.1, 0.15) is 11.5 Å². The van der Waals surface area contributed by atoms with Crippen LogP contribution in [0.2, 0.25) is 0 Å². The maximum absolute atomic E-state index is 12.0. The summed E-state index contributed by atoms with van der Waals surface area (Å²) in [6.07, 6.45) is 4.93. The van der Waals surface area contributed by atoms with Crippen LogP contribution in [0.1, 0.15) is 17.4 Å². The third-order valence-corrected chi connectivity index (χ3v) is 3.51. The number of methoxy groups -OCH3 is 1. The first-order chi connectivity index (χ1) is 11.1. The molecular weight excluding hydrogens is 292 g/mol. The Labute approximate surface area is 136 Å². The molecule has 1 N–H and O–H groups in total. The van der Waals surface area contributed by atoms with Gasteiger partial charge >= 0.3 is 0 Å². The normalized spacial score (nSPS) is 12.5. The van der Waals surface area contributed by atoms with Crippen molar-refractivity contribution in [3.05, 3.63) is 60.1 Å². The van der Waals surface area contributed by atoms with Crippen LogP contribution in [0.4, 0.5) is 0 Å². The second-order valence-corrected chi connectivity index (χ2v) is 5.35. The van der Waals surface area contributed by atoms with Crippen LogP contribution >= 0.6 is 0 Å². The number of carbonyl (C=O) groups is 1. The fourth-order valence-electron chi connectivity index (χ4n) is 2.16. The Hall–Kier alpha value is -2.53. The second kappa shape index (κ2) is 8.19. The number of furan rings is 1. The summed E-state index contributed by atoms with van der Waals surface area (Å²) in [5.41, 5.74) is 0.941. The zero-order chi connectivity index (χ0) is 16.7. The van der Waals surface area contributed by atoms with Crippen LogP contribution in [0.25, 0.3) is 6.08 Å². The Morgan fingerprint density at radius 3 is 2.61 bits per heavy atom. The first-order valence-corrected chi connectivity index (χ1v) is 7.40. The molecule has 5 nitrogen and oxygen atoms in total. The number of carbonyl (C=O) groups excluding carboxylic acids is 1. The molecule has 0 aliphatic heterocycles. The second-order valence-electron chi connectivity index (χ2n) is 5.35. The summed E-state index contributed by atoms with van der Waals surface area (Å²) in [4.78, 5) is 14.0. The molecule has 1 aromatic heterocycles. The molecule has 1 atom stereocenters. The van der Waals surface area contributed by atoms with Crippen LogP contribution in [-0.4, -0.2) is 38.6 Å². The predicted molar refractivity (Wildman–Crippen MR) is 90.2 cm³/mol. The van der Waals surface area contributed by atoms with Crippen LogP contribution in [-0.2, 0) is 4.79 Å². The van der Waals surface area contributed by atoms with E-state index in [1.165, 1.54) is 6.08 Å². The van der Waals surface area contributed by atoms with Gasteiger partial charge in [0.15, 0.2) is 0 Å². The van der Waals surface area contributed by atoms with Gasteiger partial charge in [0.25, 0.3) is 0 Å². The van der Waals surface area contributed by atoms with Gasteiger partial charge in [-0.25, -0.2) is 0 Å². The van der Waals surface area contributed by atoms with Crippen molar-refractivity contribution in [3.8, 4) is 5.75 Å². The molecule has 0 aliphatic rings. The number of hydrogen-bond donors (Lipinski definition) is 1. The summed E-state index contributed by atoms with van der Waals surface area (Å²) in [5, 5.41) is 2.89. The van der Waals surface area contributed by atoms with E-state index < -0.39 is 0 Å². The maximum atomic E-state index is 12.0. The molecule has 0 saturated heterocycles. The highest BCUT2D eigenvalue weighted by atomic mass is 16.5. The molecule has 0 aliphatic carbocycles. The minimum atomic E-state index is -0.140. The summed E-state index contributed by atoms with van der Waals surface area (Å²) >= 11 is 0. The largest absolute Gasteiger partial charge is 0.497 e. The van der Waals surface area contributed by atoms with E-state index in [0.717, 1.165) is 17.1 Å². The van der Waals surface area contributed by atoms with Gasteiger partial charge in [-0.15, -0.1) is 0 Å². The molecular formula is C18H22N2O3. The molecule has 0 spiro atoms. The van der Waals surface area contributed by atoms with E-state index in [1.807, 2.05) is 55.4 Å². The van der Waals surface area contributed by atoms with Crippen molar-refractivity contribution < 1.29 is 13.9 Å². The zero-order valence-corrected chi connectivity index (χ0v) is 13.7. The van der Waals surface area contributed by atoms with Crippen LogP contribution in [0.15, 0.2) is 53.2 Å². The minimum Gasteiger partial charge on any atom is -0.497 e. The van der Waals surface area contributed by atoms with Crippen molar-refractivity contribution in [1.29, 1.82) is 0 Å². The maximum Gasteiger partial charge on any atom is 0.244 e. The lowest BCUT2D eigenvalue weighted by atomic mass is 10.2. The lowest BCUT2D eigenvalue weighted by molar-refractivity contribution is -0.116. The van der Waals surface area contributed by atoms with Gasteiger partial charge in [-0.05, 0) is 50.0 Å². The molecule has 0 bridgehead atoms. The van der Waals surface area contributed by atoms with Crippen LogP contribution in [0, 0.1) is 0 Å². The van der Waals surface area contributed by atoms with Gasteiger partial charge in [0.2, 0.25) is 5.91 Å². The molecule has 1 amide bonds. The molecule has 1 aromatic carbocycles. The Morgan fingerprint density at radius 1 is 1.30 bits per heavy atom. The Kier molecular flexibility index (Phi) is 6.00. The molecule has 23 heavy (non-hydrogen) atoms. The fourth-order valence-corrected chi connectivity index (χ4v) is 2.16. The first kappa shape index (κ1) is 16.8. The third-order valence-electron chi connectivity index (χ3n) is 3.51. The Balaban J connectivity index is 1.89. The topological polar surface area (TPSA) is 54.7 Å². The van der Waals surface area contributed by atoms with Gasteiger partial charge in [-0.2, -0.15) is 0 Å². The molecule has 1 unspecified atom stereocenters. The zero-order valence-electron chi connectivity index (χ0n) is 13.7. The highest BCUT2D eigenvalue weighted by Gasteiger charge is 2.17. The summed E-state index contributed by atoms with van der Waals surface area (Å²) in [6, 6.07) is 11.3. The molecule has 2 aromatic rings. The number of nitrogens with zero attached hydrogens (tertiary/aromatic N) is 1. The number of hydrogen-bond acceptors (Lipinski definition) is 4. The van der Waals surface area contributed by atoms with E-state index >= 15 is 0 Å². The number of likely N-dealkylation sites (N-methyl/N-ethyl adjacent to an activating group) is 1. The van der Waals surface area contributed by atoms with Crippen LogP contribution in [0.5, 0.6) is 5.75 Å². The molecule has 1 heterocycles. The summed E-state index contributed by atoms with van der Waals surface area (Å²) < 4.78 is 10.5. The average Bonchev–Trinajstić information content (AvgIpc) is 3.07. The number of rotatable bonds is 7. The van der Waals surface area contributed by atoms with E-state index in [9.17, 15) is 4.79 Å². The van der Waals surface area contributed by atoms with Crippen molar-refractivity contribution in [1.82, 2.24) is 10.2 Å². The first-order valence-electron chi connectivity index (χ1n) is 7.40. The highest BCUT2D eigenvalue weighted by Crippen LogP contribution is 2.17. The number of nitrogens with one attached hydrogen (secondary N) is 1. The molecule has 0 saturated carbocycles. The SMILES string of the molecule is COc1ccc(/C=C/C(=O)NCC(c2ccco2)N(C)C)cc1.